The maximum absolute atomic E-state index is 13.1. The first kappa shape index (κ1) is 18.9. The van der Waals surface area contributed by atoms with E-state index in [1.54, 1.807) is 0 Å². The van der Waals surface area contributed by atoms with Crippen molar-refractivity contribution in [3.05, 3.63) is 83.2 Å². The third kappa shape index (κ3) is 3.90. The molecule has 2 aromatic heterocycles. The summed E-state index contributed by atoms with van der Waals surface area (Å²) < 4.78 is 1.88. The van der Waals surface area contributed by atoms with E-state index in [1.807, 2.05) is 67.2 Å². The Morgan fingerprint density at radius 2 is 1.90 bits per heavy atom. The Kier molecular flexibility index (Phi) is 5.12. The number of fused-ring (bicyclic) bond motifs is 1. The van der Waals surface area contributed by atoms with Gasteiger partial charge in [-0.05, 0) is 39.0 Å². The lowest BCUT2D eigenvalue weighted by Gasteiger charge is -2.11. The number of nitrogens with one attached hydrogen (secondary N) is 1. The highest BCUT2D eigenvalue weighted by Gasteiger charge is 2.15. The number of rotatable bonds is 5. The van der Waals surface area contributed by atoms with Crippen molar-refractivity contribution in [2.45, 2.75) is 33.9 Å². The van der Waals surface area contributed by atoms with Gasteiger partial charge in [0.2, 0.25) is 0 Å². The Hall–Kier alpha value is -3.47. The molecule has 0 radical (unpaired) electrons. The lowest BCUT2D eigenvalue weighted by molar-refractivity contribution is 0.0952. The summed E-state index contributed by atoms with van der Waals surface area (Å²) in [5.74, 6) is -0.110. The van der Waals surface area contributed by atoms with Gasteiger partial charge in [-0.1, -0.05) is 42.0 Å². The monoisotopic (exact) mass is 384 g/mol. The van der Waals surface area contributed by atoms with E-state index in [2.05, 4.69) is 29.5 Å². The summed E-state index contributed by atoms with van der Waals surface area (Å²) in [7, 11) is 0. The van der Waals surface area contributed by atoms with Gasteiger partial charge in [0.05, 0.1) is 22.5 Å². The van der Waals surface area contributed by atoms with Gasteiger partial charge in [0.25, 0.3) is 5.91 Å². The zero-order valence-electron chi connectivity index (χ0n) is 16.9. The fourth-order valence-corrected chi connectivity index (χ4v) is 3.48. The second-order valence-corrected chi connectivity index (χ2v) is 7.22. The second-order valence-electron chi connectivity index (χ2n) is 7.22. The number of hydrogen-bond donors (Lipinski definition) is 1. The van der Waals surface area contributed by atoms with Crippen LogP contribution in [-0.2, 0) is 13.1 Å². The van der Waals surface area contributed by atoms with E-state index in [-0.39, 0.29) is 5.91 Å². The van der Waals surface area contributed by atoms with E-state index in [0.29, 0.717) is 12.1 Å². The van der Waals surface area contributed by atoms with Crippen LogP contribution in [0.4, 0.5) is 0 Å². The molecule has 1 amide bonds. The van der Waals surface area contributed by atoms with E-state index in [0.717, 1.165) is 45.5 Å². The van der Waals surface area contributed by atoms with Crippen LogP contribution in [0.1, 0.15) is 34.1 Å². The summed E-state index contributed by atoms with van der Waals surface area (Å²) >= 11 is 0. The first-order chi connectivity index (χ1) is 14.0. The van der Waals surface area contributed by atoms with Gasteiger partial charge < -0.3 is 5.32 Å². The van der Waals surface area contributed by atoms with Crippen LogP contribution in [0.15, 0.2) is 60.8 Å². The highest BCUT2D eigenvalue weighted by atomic mass is 16.1. The number of hydrogen-bond acceptors (Lipinski definition) is 3. The molecule has 0 bridgehead atoms. The molecule has 0 aliphatic carbocycles. The standard InChI is InChI=1S/C24H24N4O/c1-4-28-15-19(17(3)27-28)14-25-24(29)21-13-23(18-9-7-8-16(2)12-18)26-22-11-6-5-10-20(21)22/h5-13,15H,4,14H2,1-3H3,(H,25,29). The molecule has 0 fully saturated rings. The summed E-state index contributed by atoms with van der Waals surface area (Å²) in [6.45, 7) is 7.32. The van der Waals surface area contributed by atoms with Crippen LogP contribution in [-0.4, -0.2) is 20.7 Å². The van der Waals surface area contributed by atoms with Gasteiger partial charge in [0.15, 0.2) is 0 Å². The first-order valence-electron chi connectivity index (χ1n) is 9.83. The molecular formula is C24H24N4O. The number of amides is 1. The first-order valence-corrected chi connectivity index (χ1v) is 9.83. The van der Waals surface area contributed by atoms with Crippen LogP contribution in [0.5, 0.6) is 0 Å². The second kappa shape index (κ2) is 7.87. The SMILES string of the molecule is CCn1cc(CNC(=O)c2cc(-c3cccc(C)c3)nc3ccccc23)c(C)n1. The molecule has 1 N–H and O–H groups in total. The van der Waals surface area contributed by atoms with Gasteiger partial charge >= 0.3 is 0 Å². The van der Waals surface area contributed by atoms with Gasteiger partial charge in [-0.15, -0.1) is 0 Å². The Balaban J connectivity index is 1.69. The number of aromatic nitrogens is 3. The van der Waals surface area contributed by atoms with Gasteiger partial charge in [0.1, 0.15) is 0 Å². The van der Waals surface area contributed by atoms with E-state index < -0.39 is 0 Å². The molecule has 0 aliphatic rings. The highest BCUT2D eigenvalue weighted by Crippen LogP contribution is 2.25. The molecule has 0 unspecified atom stereocenters. The van der Waals surface area contributed by atoms with Crippen LogP contribution in [0, 0.1) is 13.8 Å². The number of para-hydroxylation sites is 1. The van der Waals surface area contributed by atoms with Gasteiger partial charge in [-0.25, -0.2) is 4.98 Å². The van der Waals surface area contributed by atoms with Crippen molar-refractivity contribution >= 4 is 16.8 Å². The molecule has 0 saturated carbocycles. The summed E-state index contributed by atoms with van der Waals surface area (Å²) in [5.41, 5.74) is 6.37. The van der Waals surface area contributed by atoms with Crippen molar-refractivity contribution in [1.82, 2.24) is 20.1 Å². The predicted molar refractivity (Wildman–Crippen MR) is 116 cm³/mol. The third-order valence-electron chi connectivity index (χ3n) is 5.09. The van der Waals surface area contributed by atoms with E-state index in [4.69, 9.17) is 4.98 Å². The lowest BCUT2D eigenvalue weighted by atomic mass is 10.0. The molecule has 0 atom stereocenters. The minimum atomic E-state index is -0.110. The summed E-state index contributed by atoms with van der Waals surface area (Å²) in [4.78, 5) is 17.9. The highest BCUT2D eigenvalue weighted by molar-refractivity contribution is 6.07. The number of carbonyl (C=O) groups is 1. The predicted octanol–water partition coefficient (Wildman–Crippen LogP) is 4.67. The van der Waals surface area contributed by atoms with Crippen LogP contribution in [0.2, 0.25) is 0 Å². The largest absolute Gasteiger partial charge is 0.348 e. The molecule has 0 saturated heterocycles. The lowest BCUT2D eigenvalue weighted by Crippen LogP contribution is -2.23. The van der Waals surface area contributed by atoms with E-state index in [1.165, 1.54) is 0 Å². The van der Waals surface area contributed by atoms with Crippen molar-refractivity contribution in [2.75, 3.05) is 0 Å². The molecule has 4 rings (SSSR count). The Bertz CT molecular complexity index is 1190. The van der Waals surface area contributed by atoms with Crippen LogP contribution >= 0.6 is 0 Å². The van der Waals surface area contributed by atoms with Gasteiger partial charge in [-0.2, -0.15) is 5.10 Å². The Labute approximate surface area is 170 Å². The number of benzene rings is 2. The fourth-order valence-electron chi connectivity index (χ4n) is 3.48. The van der Waals surface area contributed by atoms with Crippen molar-refractivity contribution in [3.8, 4) is 11.3 Å². The zero-order chi connectivity index (χ0) is 20.4. The van der Waals surface area contributed by atoms with Crippen molar-refractivity contribution in [2.24, 2.45) is 0 Å². The maximum Gasteiger partial charge on any atom is 0.252 e. The third-order valence-corrected chi connectivity index (χ3v) is 5.09. The van der Waals surface area contributed by atoms with Gasteiger partial charge in [0, 0.05) is 35.8 Å². The molecule has 2 heterocycles. The molecule has 2 aromatic carbocycles. The Morgan fingerprint density at radius 1 is 1.07 bits per heavy atom. The van der Waals surface area contributed by atoms with Gasteiger partial charge in [-0.3, -0.25) is 9.48 Å². The number of pyridine rings is 1. The zero-order valence-corrected chi connectivity index (χ0v) is 16.9. The average molecular weight is 384 g/mol. The molecule has 5 nitrogen and oxygen atoms in total. The van der Waals surface area contributed by atoms with E-state index >= 15 is 0 Å². The van der Waals surface area contributed by atoms with Crippen molar-refractivity contribution < 1.29 is 4.79 Å². The minimum Gasteiger partial charge on any atom is -0.348 e. The summed E-state index contributed by atoms with van der Waals surface area (Å²) in [6.07, 6.45) is 1.98. The summed E-state index contributed by atoms with van der Waals surface area (Å²) in [6, 6.07) is 17.8. The minimum absolute atomic E-state index is 0.110. The van der Waals surface area contributed by atoms with E-state index in [9.17, 15) is 4.79 Å². The Morgan fingerprint density at radius 3 is 2.66 bits per heavy atom. The number of aryl methyl sites for hydroxylation is 3. The van der Waals surface area contributed by atoms with Crippen LogP contribution in [0.25, 0.3) is 22.2 Å². The number of nitrogens with zero attached hydrogens (tertiary/aromatic N) is 3. The average Bonchev–Trinajstić information content (AvgIpc) is 3.11. The molecule has 4 aromatic rings. The van der Waals surface area contributed by atoms with Crippen LogP contribution in [0.3, 0.4) is 0 Å². The molecule has 5 heteroatoms. The van der Waals surface area contributed by atoms with Crippen molar-refractivity contribution in [1.29, 1.82) is 0 Å². The molecular weight excluding hydrogens is 360 g/mol. The smallest absolute Gasteiger partial charge is 0.252 e. The van der Waals surface area contributed by atoms with Crippen molar-refractivity contribution in [3.63, 3.8) is 0 Å². The topological polar surface area (TPSA) is 59.8 Å². The quantitative estimate of drug-likeness (QED) is 0.544. The van der Waals surface area contributed by atoms with Crippen LogP contribution < -0.4 is 5.32 Å². The number of carbonyl (C=O) groups excluding carboxylic acids is 1. The fraction of sp³-hybridized carbons (Fsp3) is 0.208. The molecule has 146 valence electrons. The maximum atomic E-state index is 13.1. The molecule has 29 heavy (non-hydrogen) atoms. The molecule has 0 spiro atoms. The molecule has 0 aliphatic heterocycles. The summed E-state index contributed by atoms with van der Waals surface area (Å²) in [5, 5.41) is 8.35. The normalized spacial score (nSPS) is 11.0.